The first-order valence-corrected chi connectivity index (χ1v) is 16.1. The van der Waals surface area contributed by atoms with Crippen molar-refractivity contribution >= 4 is 67.7 Å². The molecule has 1 atom stereocenters. The number of nitrogens with one attached hydrogen (secondary N) is 1. The lowest BCUT2D eigenvalue weighted by molar-refractivity contribution is -0.137. The number of imide groups is 1. The van der Waals surface area contributed by atoms with Crippen LogP contribution >= 0.6 is 27.5 Å². The minimum absolute atomic E-state index is 0.0473. The topological polar surface area (TPSA) is 103 Å². The van der Waals surface area contributed by atoms with Crippen LogP contribution in [0.25, 0.3) is 10.9 Å². The highest BCUT2D eigenvalue weighted by Crippen LogP contribution is 2.49. The largest absolute Gasteiger partial charge is 0.453 e. The Hall–Kier alpha value is -4.86. The van der Waals surface area contributed by atoms with Crippen LogP contribution < -0.4 is 15.0 Å². The number of hydrogen-bond donors (Lipinski definition) is 1. The van der Waals surface area contributed by atoms with Crippen molar-refractivity contribution in [2.75, 3.05) is 16.8 Å². The van der Waals surface area contributed by atoms with E-state index in [0.717, 1.165) is 29.9 Å². The summed E-state index contributed by atoms with van der Waals surface area (Å²) in [6.07, 6.45) is -3.60. The van der Waals surface area contributed by atoms with Crippen molar-refractivity contribution in [3.05, 3.63) is 110 Å². The van der Waals surface area contributed by atoms with Gasteiger partial charge in [-0.3, -0.25) is 14.4 Å². The molecule has 2 aliphatic rings. The molecular formula is C34H21BrClF5N4O5. The molecule has 4 aromatic carbocycles. The second kappa shape index (κ2) is 12.8. The second-order valence-corrected chi connectivity index (χ2v) is 12.7. The second-order valence-electron chi connectivity index (χ2n) is 11.4. The quantitative estimate of drug-likeness (QED) is 0.136. The summed E-state index contributed by atoms with van der Waals surface area (Å²) in [7, 11) is 0. The van der Waals surface area contributed by atoms with Gasteiger partial charge in [0.25, 0.3) is 17.7 Å². The van der Waals surface area contributed by atoms with E-state index in [-0.39, 0.29) is 60.6 Å². The molecule has 3 heterocycles. The number of anilines is 2. The summed E-state index contributed by atoms with van der Waals surface area (Å²) in [6, 6.07) is 12.0. The van der Waals surface area contributed by atoms with Crippen molar-refractivity contribution in [3.63, 3.8) is 0 Å². The highest BCUT2D eigenvalue weighted by atomic mass is 79.9. The van der Waals surface area contributed by atoms with Crippen LogP contribution in [0.4, 0.5) is 33.5 Å². The predicted molar refractivity (Wildman–Crippen MR) is 175 cm³/mol. The highest BCUT2D eigenvalue weighted by Gasteiger charge is 2.41. The van der Waals surface area contributed by atoms with E-state index in [4.69, 9.17) is 21.1 Å². The summed E-state index contributed by atoms with van der Waals surface area (Å²) in [5, 5.41) is 7.00. The Labute approximate surface area is 292 Å². The third-order valence-corrected chi connectivity index (χ3v) is 9.05. The molecule has 3 amide bonds. The number of benzene rings is 4. The van der Waals surface area contributed by atoms with Crippen LogP contribution in [-0.4, -0.2) is 34.1 Å². The van der Waals surface area contributed by atoms with Gasteiger partial charge in [-0.2, -0.15) is 18.3 Å². The molecule has 9 nitrogen and oxygen atoms in total. The van der Waals surface area contributed by atoms with Crippen molar-refractivity contribution < 1.29 is 45.8 Å². The van der Waals surface area contributed by atoms with Gasteiger partial charge in [-0.15, -0.1) is 0 Å². The van der Waals surface area contributed by atoms with Crippen LogP contribution in [0, 0.1) is 11.6 Å². The molecule has 0 saturated carbocycles. The maximum absolute atomic E-state index is 14.5. The molecule has 50 heavy (non-hydrogen) atoms. The standard InChI is InChI=1S/C34H21BrClF5N4O5/c35-22-15-24(42-31(46)16-11-17(34(39,40)41)13-19(38)12-16)29(50-25-14-18(37)8-9-23(25)36)27-28(22)45(26-7-3-4-10-49-26)43-30(27)44-32(47)20-5-1-2-6-21(20)33(44)48/h1-2,5-6,8-9,11-15,26H,3-4,7,10H2,(H,42,46). The molecule has 2 aliphatic heterocycles. The molecule has 16 heteroatoms. The van der Waals surface area contributed by atoms with Gasteiger partial charge < -0.3 is 14.8 Å². The minimum Gasteiger partial charge on any atom is -0.453 e. The van der Waals surface area contributed by atoms with Gasteiger partial charge in [0.05, 0.1) is 38.3 Å². The van der Waals surface area contributed by atoms with E-state index in [1.807, 2.05) is 0 Å². The van der Waals surface area contributed by atoms with E-state index in [2.05, 4.69) is 26.3 Å². The van der Waals surface area contributed by atoms with Gasteiger partial charge in [-0.25, -0.2) is 18.4 Å². The third-order valence-electron chi connectivity index (χ3n) is 8.14. The number of rotatable bonds is 6. The van der Waals surface area contributed by atoms with E-state index in [0.29, 0.717) is 25.2 Å². The fourth-order valence-corrected chi connectivity index (χ4v) is 6.63. The highest BCUT2D eigenvalue weighted by molar-refractivity contribution is 9.10. The number of aromatic nitrogens is 2. The molecule has 0 aliphatic carbocycles. The van der Waals surface area contributed by atoms with Crippen molar-refractivity contribution in [2.24, 2.45) is 0 Å². The third kappa shape index (κ3) is 5.98. The molecule has 256 valence electrons. The van der Waals surface area contributed by atoms with Crippen LogP contribution in [0.15, 0.2) is 71.2 Å². The fraction of sp³-hybridized carbons (Fsp3) is 0.176. The average Bonchev–Trinajstić information content (AvgIpc) is 3.59. The number of alkyl halides is 3. The number of carbonyl (C=O) groups excluding carboxylic acids is 3. The molecule has 5 aromatic rings. The number of carbonyl (C=O) groups is 3. The summed E-state index contributed by atoms with van der Waals surface area (Å²) < 4.78 is 83.2. The Morgan fingerprint density at radius 3 is 2.36 bits per heavy atom. The molecule has 0 radical (unpaired) electrons. The van der Waals surface area contributed by atoms with Gasteiger partial charge in [-0.05, 0) is 83.7 Å². The van der Waals surface area contributed by atoms with Crippen LogP contribution in [-0.2, 0) is 10.9 Å². The van der Waals surface area contributed by atoms with Crippen molar-refractivity contribution in [2.45, 2.75) is 31.7 Å². The molecule has 1 N–H and O–H groups in total. The van der Waals surface area contributed by atoms with Gasteiger partial charge >= 0.3 is 6.18 Å². The van der Waals surface area contributed by atoms with Gasteiger partial charge in [0, 0.05) is 22.7 Å². The molecule has 1 fully saturated rings. The maximum atomic E-state index is 14.5. The maximum Gasteiger partial charge on any atom is 0.416 e. The molecule has 1 saturated heterocycles. The SMILES string of the molecule is O=C(Nc1cc(Br)c2c(c(N3C(=O)c4ccccc4C3=O)nn2C2CCCCO2)c1Oc1cc(F)ccc1Cl)c1cc(F)cc(C(F)(F)F)c1. The lowest BCUT2D eigenvalue weighted by Crippen LogP contribution is -2.30. The zero-order chi connectivity index (χ0) is 35.5. The number of nitrogens with zero attached hydrogens (tertiary/aromatic N) is 3. The van der Waals surface area contributed by atoms with E-state index in [9.17, 15) is 36.3 Å². The minimum atomic E-state index is -4.96. The Balaban J connectivity index is 1.48. The van der Waals surface area contributed by atoms with Crippen LogP contribution in [0.1, 0.15) is 62.1 Å². The van der Waals surface area contributed by atoms with Gasteiger partial charge in [0.1, 0.15) is 17.4 Å². The summed E-state index contributed by atoms with van der Waals surface area (Å²) in [5.74, 6) is -5.51. The number of ether oxygens (including phenoxy) is 2. The van der Waals surface area contributed by atoms with Crippen molar-refractivity contribution in [3.8, 4) is 11.5 Å². The van der Waals surface area contributed by atoms with Crippen molar-refractivity contribution in [1.29, 1.82) is 0 Å². The monoisotopic (exact) mass is 774 g/mol. The van der Waals surface area contributed by atoms with Crippen molar-refractivity contribution in [1.82, 2.24) is 9.78 Å². The average molecular weight is 776 g/mol. The summed E-state index contributed by atoms with van der Waals surface area (Å²) >= 11 is 9.85. The number of fused-ring (bicyclic) bond motifs is 2. The molecule has 1 unspecified atom stereocenters. The zero-order valence-corrected chi connectivity index (χ0v) is 27.6. The first-order valence-electron chi connectivity index (χ1n) is 15.0. The smallest absolute Gasteiger partial charge is 0.416 e. The van der Waals surface area contributed by atoms with E-state index in [1.165, 1.54) is 28.9 Å². The molecule has 1 aromatic heterocycles. The van der Waals surface area contributed by atoms with Crippen LogP contribution in [0.3, 0.4) is 0 Å². The van der Waals surface area contributed by atoms with Crippen LogP contribution in [0.2, 0.25) is 5.02 Å². The fourth-order valence-electron chi connectivity index (χ4n) is 5.86. The predicted octanol–water partition coefficient (Wildman–Crippen LogP) is 9.29. The lowest BCUT2D eigenvalue weighted by Gasteiger charge is -2.24. The summed E-state index contributed by atoms with van der Waals surface area (Å²) in [5.41, 5.74) is -1.90. The van der Waals surface area contributed by atoms with Gasteiger partial charge in [0.2, 0.25) is 0 Å². The summed E-state index contributed by atoms with van der Waals surface area (Å²) in [6.45, 7) is 0.385. The molecule has 7 rings (SSSR count). The Bertz CT molecular complexity index is 2200. The van der Waals surface area contributed by atoms with Gasteiger partial charge in [-0.1, -0.05) is 23.7 Å². The summed E-state index contributed by atoms with van der Waals surface area (Å²) in [4.78, 5) is 41.9. The Kier molecular flexibility index (Phi) is 8.60. The number of amides is 3. The number of hydrogen-bond acceptors (Lipinski definition) is 6. The molecule has 0 bridgehead atoms. The first-order chi connectivity index (χ1) is 23.8. The number of halogens is 7. The van der Waals surface area contributed by atoms with E-state index >= 15 is 0 Å². The first kappa shape index (κ1) is 33.6. The van der Waals surface area contributed by atoms with Crippen LogP contribution in [0.5, 0.6) is 11.5 Å². The normalized spacial score (nSPS) is 16.2. The molecular weight excluding hydrogens is 755 g/mol. The zero-order valence-electron chi connectivity index (χ0n) is 25.3. The Morgan fingerprint density at radius 1 is 0.980 bits per heavy atom. The lowest BCUT2D eigenvalue weighted by atomic mass is 10.1. The van der Waals surface area contributed by atoms with E-state index < -0.39 is 52.9 Å². The Morgan fingerprint density at radius 2 is 1.70 bits per heavy atom. The molecule has 0 spiro atoms. The van der Waals surface area contributed by atoms with E-state index in [1.54, 1.807) is 12.1 Å². The van der Waals surface area contributed by atoms with Gasteiger partial charge in [0.15, 0.2) is 17.8 Å².